The van der Waals surface area contributed by atoms with Gasteiger partial charge in [-0.1, -0.05) is 162 Å². The molecule has 6 saturated carbocycles. The Balaban J connectivity index is 0.000000232. The van der Waals surface area contributed by atoms with E-state index in [4.69, 9.17) is 10.5 Å². The second kappa shape index (κ2) is 34.3. The van der Waals surface area contributed by atoms with Crippen molar-refractivity contribution in [3.8, 4) is 5.75 Å². The number of fused-ring (bicyclic) bond motifs is 3. The van der Waals surface area contributed by atoms with Crippen LogP contribution in [0.3, 0.4) is 0 Å². The highest BCUT2D eigenvalue weighted by Gasteiger charge is 2.72. The van der Waals surface area contributed by atoms with Crippen molar-refractivity contribution in [1.29, 1.82) is 0 Å². The van der Waals surface area contributed by atoms with Crippen molar-refractivity contribution in [2.75, 3.05) is 47.8 Å². The van der Waals surface area contributed by atoms with Gasteiger partial charge in [0.1, 0.15) is 36.0 Å². The summed E-state index contributed by atoms with van der Waals surface area (Å²) in [6.07, 6.45) is 9.31. The molecule has 1 aromatic rings. The average molecular weight is 1560 g/mol. The number of benzene rings is 1. The number of nitro benzene ring substituents is 1. The molecule has 11 N–H and O–H groups in total. The number of carbonyl (C=O) groups excluding carboxylic acids is 14. The molecule has 3 saturated heterocycles. The van der Waals surface area contributed by atoms with Gasteiger partial charge >= 0.3 is 12.1 Å². The number of piperidine rings is 3. The number of carbonyl (C=O) groups is 14. The van der Waals surface area contributed by atoms with Crippen LogP contribution >= 0.6 is 12.4 Å². The fourth-order valence-electron chi connectivity index (χ4n) is 17.2. The summed E-state index contributed by atoms with van der Waals surface area (Å²) in [4.78, 5) is 196. The Kier molecular flexibility index (Phi) is 27.7. The normalized spacial score (nSPS) is 25.7. The lowest BCUT2D eigenvalue weighted by atomic mass is 9.80. The van der Waals surface area contributed by atoms with Crippen LogP contribution in [0.25, 0.3) is 0 Å². The number of nitrogens with two attached hydrogens (primary N) is 1. The monoisotopic (exact) mass is 1560 g/mol. The summed E-state index contributed by atoms with van der Waals surface area (Å²) in [5, 5.41) is 34.3. The number of nitro groups is 1. The van der Waals surface area contributed by atoms with E-state index in [1.54, 1.807) is 30.6 Å². The van der Waals surface area contributed by atoms with Crippen LogP contribution in [-0.2, 0) is 57.5 Å². The van der Waals surface area contributed by atoms with Gasteiger partial charge in [0.05, 0.1) is 29.1 Å². The van der Waals surface area contributed by atoms with Crippen LogP contribution in [0.5, 0.6) is 5.75 Å². The lowest BCUT2D eigenvalue weighted by Gasteiger charge is -2.38. The summed E-state index contributed by atoms with van der Waals surface area (Å²) in [7, 11) is 5.65. The smallest absolute Gasteiger partial charge is 0.410 e. The molecule has 3 aliphatic heterocycles. The van der Waals surface area contributed by atoms with Crippen LogP contribution in [0.2, 0.25) is 0 Å². The topological polar surface area (TPSA) is 435 Å². The fourth-order valence-corrected chi connectivity index (χ4v) is 17.2. The van der Waals surface area contributed by atoms with Gasteiger partial charge in [-0.2, -0.15) is 0 Å². The summed E-state index contributed by atoms with van der Waals surface area (Å²) in [6, 6.07) is -3.25. The third-order valence-electron chi connectivity index (χ3n) is 25.4. The Morgan fingerprint density at radius 2 is 0.773 bits per heavy atom. The number of likely N-dealkylation sites (tertiary alicyclic amines) is 3. The number of nitrogens with zero attached hydrogens (tertiary/aromatic N) is 4. The Bertz CT molecular complexity index is 3700. The molecule has 6 aliphatic carbocycles. The van der Waals surface area contributed by atoms with Crippen molar-refractivity contribution in [2.24, 2.45) is 91.5 Å². The fraction of sp³-hybridized carbons (Fsp3) is 0.744. The Morgan fingerprint density at radius 3 is 1.03 bits per heavy atom. The SMILES string of the molecule is CNC(=O)C(=O)C(CC1CCC1)NC(=O)[C@@H]1[C@@H]2[C@H](CN1C(=O)[C@@H](NC(=O)Oc1ccc([N+](=O)[O-])cc1)C(C)(C)C)C2(C)C.CNC(=O)C(=O)C(CC1CCC1)NC(=O)[C@@H]1[C@@H]2[C@H](CN1C(=O)[C@H](N)C(C)(C)C)C2(C)C.CNC(=O)N[C@H](C(=O)N1C[C@H]2[C@@H]([C@H]1C(=O)NC(CC1CCC1)C(=O)C(=O)NC)C2(C)C)C(C)(C)C.Cl. The van der Waals surface area contributed by atoms with Gasteiger partial charge < -0.3 is 73.0 Å². The molecule has 0 radical (unpaired) electrons. The summed E-state index contributed by atoms with van der Waals surface area (Å²) >= 11 is 0. The first-order valence-corrected chi connectivity index (χ1v) is 38.7. The quantitative estimate of drug-likeness (QED) is 0.0362. The molecule has 10 rings (SSSR count). The van der Waals surface area contributed by atoms with E-state index in [0.717, 1.165) is 57.8 Å². The molecule has 3 unspecified atom stereocenters. The molecule has 3 heterocycles. The Morgan fingerprint density at radius 1 is 0.473 bits per heavy atom. The van der Waals surface area contributed by atoms with Gasteiger partial charge in [-0.15, -0.1) is 12.4 Å². The van der Waals surface area contributed by atoms with Crippen LogP contribution in [-0.4, -0.2) is 204 Å². The molecule has 31 nitrogen and oxygen atoms in total. The number of amides is 12. The number of rotatable bonds is 25. The van der Waals surface area contributed by atoms with Crippen molar-refractivity contribution < 1.29 is 76.8 Å². The minimum Gasteiger partial charge on any atom is -0.410 e. The van der Waals surface area contributed by atoms with E-state index in [-0.39, 0.29) is 99.2 Å². The van der Waals surface area contributed by atoms with Gasteiger partial charge in [0.2, 0.25) is 52.8 Å². The highest BCUT2D eigenvalue weighted by atomic mass is 35.5. The minimum atomic E-state index is -1.08. The zero-order valence-corrected chi connectivity index (χ0v) is 68.3. The number of likely N-dealkylation sites (N-methyl/N-ethyl adjacent to an activating group) is 3. The van der Waals surface area contributed by atoms with Crippen LogP contribution in [0.1, 0.15) is 181 Å². The maximum Gasteiger partial charge on any atom is 0.413 e. The number of hydrogen-bond donors (Lipinski definition) is 10. The highest BCUT2D eigenvalue weighted by molar-refractivity contribution is 6.39. The van der Waals surface area contributed by atoms with Gasteiger partial charge in [0.25, 0.3) is 23.4 Å². The number of nitrogens with one attached hydrogen (secondary N) is 9. The number of ether oxygens (including phenoxy) is 1. The van der Waals surface area contributed by atoms with Gasteiger partial charge in [0.15, 0.2) is 0 Å². The third-order valence-corrected chi connectivity index (χ3v) is 25.4. The summed E-state index contributed by atoms with van der Waals surface area (Å²) < 4.78 is 5.29. The number of ketones is 3. The van der Waals surface area contributed by atoms with E-state index in [1.807, 2.05) is 55.4 Å². The number of hydrogen-bond acceptors (Lipinski definition) is 18. The maximum absolute atomic E-state index is 14.1. The summed E-state index contributed by atoms with van der Waals surface area (Å²) in [6.45, 7) is 30.3. The molecular formula is C78H121ClN14O17. The molecule has 1 aromatic carbocycles. The lowest BCUT2D eigenvalue weighted by Crippen LogP contribution is -2.61. The van der Waals surface area contributed by atoms with Gasteiger partial charge in [0, 0.05) is 60.0 Å². The predicted octanol–water partition coefficient (Wildman–Crippen LogP) is 4.63. The van der Waals surface area contributed by atoms with Gasteiger partial charge in [-0.25, -0.2) is 9.59 Å². The third kappa shape index (κ3) is 19.4. The number of urea groups is 1. The van der Waals surface area contributed by atoms with E-state index < -0.39 is 140 Å². The molecule has 9 fully saturated rings. The predicted molar refractivity (Wildman–Crippen MR) is 409 cm³/mol. The van der Waals surface area contributed by atoms with Crippen molar-refractivity contribution in [2.45, 2.75) is 235 Å². The second-order valence-electron chi connectivity index (χ2n) is 36.7. The molecule has 0 aromatic heterocycles. The Labute approximate surface area is 651 Å². The Hall–Kier alpha value is -8.35. The maximum atomic E-state index is 14.1. The number of Topliss-reactive ketones (excluding diaryl/α,β-unsaturated/α-hetero) is 3. The van der Waals surface area contributed by atoms with E-state index in [2.05, 4.69) is 75.5 Å². The van der Waals surface area contributed by atoms with Crippen molar-refractivity contribution in [3.63, 3.8) is 0 Å². The first kappa shape index (κ1) is 88.9. The second-order valence-corrected chi connectivity index (χ2v) is 36.7. The minimum absolute atomic E-state index is 0. The molecule has 15 atom stereocenters. The first-order chi connectivity index (χ1) is 50.6. The molecular weight excluding hydrogens is 1440 g/mol. The molecule has 612 valence electrons. The number of halogens is 1. The first-order valence-electron chi connectivity index (χ1n) is 38.7. The van der Waals surface area contributed by atoms with Crippen molar-refractivity contribution >= 4 is 101 Å². The molecule has 0 bridgehead atoms. The summed E-state index contributed by atoms with van der Waals surface area (Å²) in [5.74, 6) is -5.30. The van der Waals surface area contributed by atoms with Crippen molar-refractivity contribution in [1.82, 2.24) is 62.6 Å². The van der Waals surface area contributed by atoms with Crippen molar-refractivity contribution in [3.05, 3.63) is 34.4 Å². The van der Waals surface area contributed by atoms with E-state index in [0.29, 0.717) is 50.7 Å². The van der Waals surface area contributed by atoms with Gasteiger partial charge in [-0.05, 0) is 117 Å². The molecule has 32 heteroatoms. The van der Waals surface area contributed by atoms with E-state index in [1.165, 1.54) is 57.4 Å². The van der Waals surface area contributed by atoms with Crippen LogP contribution in [0.4, 0.5) is 15.3 Å². The standard InChI is InChI=1S/C30H41N5O8.C25H41N5O5.C23H38N4O4.ClH/c1-29(2,3)24(33-28(40)43-18-12-10-17(11-13-18)35(41)42)27(39)34-15-19-21(30(19,4)5)22(34)25(37)32-20(14-16-8-7-9-16)23(36)26(38)31-6;1-24(2,3)19(29-23(35)27-7)22(34)30-12-14-16(25(14,4)5)17(30)20(32)28-15(11-13-9-8-10-13)18(31)21(33)26-6;1-22(2,3)18(24)21(31)27-11-13-15(23(13,4)5)16(27)19(29)26-14(10-12-8-7-9-12)17(28)20(30)25-6;/h10-13,16,19-22,24H,7-9,14-15H2,1-6H3,(H,31,38)(H,32,37)(H,33,40);13-17,19H,8-12H2,1-7H3,(H,26,33)(H,28,32)(H2,27,29,35);12-16,18H,7-11,24H2,1-6H3,(H,25,30)(H,26,29);1H/t19-,20?,21-,22-,24+;14-,15?,16-,17-,19+;13-,14?,15-,16-,18-;/m000./s1. The van der Waals surface area contributed by atoms with Crippen LogP contribution < -0.4 is 58.3 Å². The van der Waals surface area contributed by atoms with Crippen LogP contribution in [0.15, 0.2) is 24.3 Å². The largest absolute Gasteiger partial charge is 0.413 e. The molecule has 110 heavy (non-hydrogen) atoms. The molecule has 12 amide bonds. The van der Waals surface area contributed by atoms with E-state index in [9.17, 15) is 77.2 Å². The average Bonchev–Trinajstić information content (AvgIpc) is 1.54. The van der Waals surface area contributed by atoms with Crippen LogP contribution in [0, 0.1) is 95.9 Å². The number of non-ortho nitro benzene ring substituents is 1. The lowest BCUT2D eigenvalue weighted by molar-refractivity contribution is -0.384. The van der Waals surface area contributed by atoms with E-state index >= 15 is 0 Å². The molecule has 0 spiro atoms. The van der Waals surface area contributed by atoms with Gasteiger partial charge in [-0.3, -0.25) is 67.6 Å². The zero-order valence-electron chi connectivity index (χ0n) is 67.5. The highest BCUT2D eigenvalue weighted by Crippen LogP contribution is 2.67. The summed E-state index contributed by atoms with van der Waals surface area (Å²) in [5.41, 5.74) is 3.91. The zero-order chi connectivity index (χ0) is 81.4. The molecule has 9 aliphatic rings.